The number of hydrogen-bond acceptors (Lipinski definition) is 3. The van der Waals surface area contributed by atoms with Crippen LogP contribution in [0.15, 0.2) is 66.9 Å². The number of anilines is 1. The van der Waals surface area contributed by atoms with Gasteiger partial charge in [0.25, 0.3) is 11.8 Å². The molecular formula is C21H17ClFN3O2. The van der Waals surface area contributed by atoms with Gasteiger partial charge in [-0.05, 0) is 54.4 Å². The van der Waals surface area contributed by atoms with Gasteiger partial charge < -0.3 is 10.6 Å². The van der Waals surface area contributed by atoms with Crippen molar-refractivity contribution in [2.75, 3.05) is 11.9 Å². The molecule has 28 heavy (non-hydrogen) atoms. The van der Waals surface area contributed by atoms with E-state index in [0.29, 0.717) is 29.2 Å². The lowest BCUT2D eigenvalue weighted by molar-refractivity contribution is 0.0954. The van der Waals surface area contributed by atoms with Gasteiger partial charge in [0, 0.05) is 29.0 Å². The summed E-state index contributed by atoms with van der Waals surface area (Å²) in [5.74, 6) is -1.06. The molecule has 3 rings (SSSR count). The number of benzene rings is 2. The van der Waals surface area contributed by atoms with Gasteiger partial charge >= 0.3 is 0 Å². The van der Waals surface area contributed by atoms with Gasteiger partial charge in [-0.3, -0.25) is 14.6 Å². The van der Waals surface area contributed by atoms with Crippen LogP contribution in [-0.4, -0.2) is 23.3 Å². The molecule has 0 bridgehead atoms. The summed E-state index contributed by atoms with van der Waals surface area (Å²) in [4.78, 5) is 28.7. The zero-order valence-electron chi connectivity index (χ0n) is 14.8. The third-order valence-electron chi connectivity index (χ3n) is 3.95. The molecule has 0 aliphatic rings. The number of carbonyl (C=O) groups is 2. The van der Waals surface area contributed by atoms with Crippen LogP contribution in [0.3, 0.4) is 0 Å². The molecule has 0 saturated carbocycles. The van der Waals surface area contributed by atoms with E-state index >= 15 is 0 Å². The molecule has 2 aromatic carbocycles. The molecule has 5 nitrogen and oxygen atoms in total. The lowest BCUT2D eigenvalue weighted by Gasteiger charge is -2.08. The molecule has 1 aromatic heterocycles. The van der Waals surface area contributed by atoms with Crippen molar-refractivity contribution in [1.29, 1.82) is 0 Å². The molecule has 0 fully saturated rings. The molecule has 0 aliphatic carbocycles. The molecule has 0 atom stereocenters. The van der Waals surface area contributed by atoms with Crippen molar-refractivity contribution in [3.63, 3.8) is 0 Å². The van der Waals surface area contributed by atoms with E-state index in [-0.39, 0.29) is 17.4 Å². The molecule has 2 N–H and O–H groups in total. The van der Waals surface area contributed by atoms with E-state index in [1.807, 2.05) is 0 Å². The highest BCUT2D eigenvalue weighted by Gasteiger charge is 2.12. The Balaban J connectivity index is 1.59. The van der Waals surface area contributed by atoms with E-state index in [2.05, 4.69) is 15.6 Å². The number of pyridine rings is 1. The van der Waals surface area contributed by atoms with Gasteiger partial charge in [0.15, 0.2) is 0 Å². The van der Waals surface area contributed by atoms with Gasteiger partial charge in [0.1, 0.15) is 11.5 Å². The Morgan fingerprint density at radius 2 is 1.79 bits per heavy atom. The monoisotopic (exact) mass is 397 g/mol. The number of amides is 2. The second kappa shape index (κ2) is 9.10. The molecule has 142 valence electrons. The van der Waals surface area contributed by atoms with Crippen LogP contribution in [0.5, 0.6) is 0 Å². The molecule has 2 amide bonds. The number of nitrogens with one attached hydrogen (secondary N) is 2. The second-order valence-electron chi connectivity index (χ2n) is 6.03. The lowest BCUT2D eigenvalue weighted by atomic mass is 10.1. The predicted octanol–water partition coefficient (Wildman–Crippen LogP) is 4.10. The van der Waals surface area contributed by atoms with Crippen LogP contribution >= 0.6 is 11.6 Å². The summed E-state index contributed by atoms with van der Waals surface area (Å²) in [6, 6.07) is 15.8. The second-order valence-corrected chi connectivity index (χ2v) is 6.46. The third kappa shape index (κ3) is 5.37. The van der Waals surface area contributed by atoms with Crippen LogP contribution in [0.2, 0.25) is 5.02 Å². The van der Waals surface area contributed by atoms with E-state index in [9.17, 15) is 14.0 Å². The van der Waals surface area contributed by atoms with Crippen molar-refractivity contribution >= 4 is 29.1 Å². The van der Waals surface area contributed by atoms with Gasteiger partial charge in [-0.15, -0.1) is 0 Å². The number of halogens is 2. The van der Waals surface area contributed by atoms with Crippen molar-refractivity contribution in [2.45, 2.75) is 6.42 Å². The fraction of sp³-hybridized carbons (Fsp3) is 0.0952. The highest BCUT2D eigenvalue weighted by atomic mass is 35.5. The zero-order chi connectivity index (χ0) is 19.9. The highest BCUT2D eigenvalue weighted by Crippen LogP contribution is 2.15. The Morgan fingerprint density at radius 1 is 1.00 bits per heavy atom. The SMILES string of the molecule is O=C(NCCc1ccc(F)cc1)c1ccnc(C(=O)Nc2cccc(Cl)c2)c1. The number of carbonyl (C=O) groups excluding carboxylic acids is 2. The van der Waals surface area contributed by atoms with Crippen LogP contribution in [0.1, 0.15) is 26.4 Å². The Bertz CT molecular complexity index is 993. The molecule has 0 spiro atoms. The summed E-state index contributed by atoms with van der Waals surface area (Å²) in [7, 11) is 0. The Morgan fingerprint density at radius 3 is 2.54 bits per heavy atom. The van der Waals surface area contributed by atoms with Crippen LogP contribution in [-0.2, 0) is 6.42 Å². The number of rotatable bonds is 6. The standard InChI is InChI=1S/C21H17ClFN3O2/c22-16-2-1-3-18(13-16)26-21(28)19-12-15(9-11-24-19)20(27)25-10-8-14-4-6-17(23)7-5-14/h1-7,9,11-13H,8,10H2,(H,25,27)(H,26,28). The lowest BCUT2D eigenvalue weighted by Crippen LogP contribution is -2.26. The first-order chi connectivity index (χ1) is 13.5. The van der Waals surface area contributed by atoms with Gasteiger partial charge in [-0.25, -0.2) is 4.39 Å². The largest absolute Gasteiger partial charge is 0.352 e. The maximum Gasteiger partial charge on any atom is 0.274 e. The van der Waals surface area contributed by atoms with Crippen molar-refractivity contribution in [1.82, 2.24) is 10.3 Å². The van der Waals surface area contributed by atoms with E-state index < -0.39 is 5.91 Å². The van der Waals surface area contributed by atoms with Crippen molar-refractivity contribution in [3.8, 4) is 0 Å². The summed E-state index contributed by atoms with van der Waals surface area (Å²) in [5, 5.41) is 5.96. The maximum absolute atomic E-state index is 12.9. The summed E-state index contributed by atoms with van der Waals surface area (Å²) >= 11 is 5.90. The molecule has 1 heterocycles. The quantitative estimate of drug-likeness (QED) is 0.657. The molecule has 0 saturated heterocycles. The molecule has 3 aromatic rings. The van der Waals surface area contributed by atoms with Crippen molar-refractivity contribution in [3.05, 3.63) is 94.5 Å². The predicted molar refractivity (Wildman–Crippen MR) is 106 cm³/mol. The topological polar surface area (TPSA) is 71.1 Å². The summed E-state index contributed by atoms with van der Waals surface area (Å²) in [5.41, 5.74) is 1.89. The fourth-order valence-electron chi connectivity index (χ4n) is 2.53. The number of aromatic nitrogens is 1. The minimum absolute atomic E-state index is 0.117. The van der Waals surface area contributed by atoms with Gasteiger partial charge in [-0.2, -0.15) is 0 Å². The van der Waals surface area contributed by atoms with Gasteiger partial charge in [-0.1, -0.05) is 29.8 Å². The summed E-state index contributed by atoms with van der Waals surface area (Å²) in [6.07, 6.45) is 1.97. The first-order valence-corrected chi connectivity index (χ1v) is 8.95. The molecule has 7 heteroatoms. The first-order valence-electron chi connectivity index (χ1n) is 8.57. The van der Waals surface area contributed by atoms with E-state index in [1.165, 1.54) is 30.5 Å². The normalized spacial score (nSPS) is 10.4. The van der Waals surface area contributed by atoms with E-state index in [1.54, 1.807) is 36.4 Å². The summed E-state index contributed by atoms with van der Waals surface area (Å²) < 4.78 is 12.9. The van der Waals surface area contributed by atoms with Gasteiger partial charge in [0.05, 0.1) is 0 Å². The average Bonchev–Trinajstić information content (AvgIpc) is 2.69. The molecule has 0 unspecified atom stereocenters. The van der Waals surface area contributed by atoms with Crippen LogP contribution in [0.4, 0.5) is 10.1 Å². The average molecular weight is 398 g/mol. The Kier molecular flexibility index (Phi) is 6.34. The Labute approximate surface area is 166 Å². The molecule has 0 radical (unpaired) electrons. The van der Waals surface area contributed by atoms with Crippen LogP contribution in [0, 0.1) is 5.82 Å². The first kappa shape index (κ1) is 19.5. The smallest absolute Gasteiger partial charge is 0.274 e. The summed E-state index contributed by atoms with van der Waals surface area (Å²) in [6.45, 7) is 0.386. The zero-order valence-corrected chi connectivity index (χ0v) is 15.5. The fourth-order valence-corrected chi connectivity index (χ4v) is 2.72. The maximum atomic E-state index is 12.9. The van der Waals surface area contributed by atoms with Gasteiger partial charge in [0.2, 0.25) is 0 Å². The highest BCUT2D eigenvalue weighted by molar-refractivity contribution is 6.30. The minimum Gasteiger partial charge on any atom is -0.352 e. The van der Waals surface area contributed by atoms with E-state index in [4.69, 9.17) is 11.6 Å². The van der Waals surface area contributed by atoms with Crippen molar-refractivity contribution in [2.24, 2.45) is 0 Å². The van der Waals surface area contributed by atoms with Crippen LogP contribution in [0.25, 0.3) is 0 Å². The third-order valence-corrected chi connectivity index (χ3v) is 4.18. The number of hydrogen-bond donors (Lipinski definition) is 2. The van der Waals surface area contributed by atoms with Crippen LogP contribution < -0.4 is 10.6 Å². The van der Waals surface area contributed by atoms with E-state index in [0.717, 1.165) is 5.56 Å². The molecule has 0 aliphatic heterocycles. The Hall–Kier alpha value is -3.25. The number of nitrogens with zero attached hydrogens (tertiary/aromatic N) is 1. The molecular weight excluding hydrogens is 381 g/mol. The minimum atomic E-state index is -0.441. The van der Waals surface area contributed by atoms with Crippen molar-refractivity contribution < 1.29 is 14.0 Å².